The van der Waals surface area contributed by atoms with Gasteiger partial charge in [0, 0.05) is 37.6 Å². The topological polar surface area (TPSA) is 60.9 Å². The van der Waals surface area contributed by atoms with Gasteiger partial charge < -0.3 is 4.90 Å². The van der Waals surface area contributed by atoms with Crippen LogP contribution in [0.15, 0.2) is 40.6 Å². The average Bonchev–Trinajstić information content (AvgIpc) is 3.44. The molecule has 1 aromatic heterocycles. The maximum absolute atomic E-state index is 13.1. The molecule has 0 unspecified atom stereocenters. The van der Waals surface area contributed by atoms with Crippen molar-refractivity contribution < 1.29 is 13.2 Å². The summed E-state index contributed by atoms with van der Waals surface area (Å²) in [5.41, 5.74) is 2.43. The number of amides is 1. The molecule has 6 nitrogen and oxygen atoms in total. The van der Waals surface area contributed by atoms with E-state index in [1.165, 1.54) is 14.7 Å². The van der Waals surface area contributed by atoms with Gasteiger partial charge in [-0.05, 0) is 60.5 Å². The molecule has 0 N–H and O–H groups in total. The number of piperazine rings is 1. The van der Waals surface area contributed by atoms with Crippen molar-refractivity contribution in [2.24, 2.45) is 0 Å². The molecule has 30 heavy (non-hydrogen) atoms. The van der Waals surface area contributed by atoms with Crippen molar-refractivity contribution in [1.82, 2.24) is 14.1 Å². The fourth-order valence-electron chi connectivity index (χ4n) is 4.23. The first-order valence-corrected chi connectivity index (χ1v) is 12.9. The second-order valence-electron chi connectivity index (χ2n) is 7.95. The molecule has 2 aromatic rings. The lowest BCUT2D eigenvalue weighted by Crippen LogP contribution is -2.52. The predicted molar refractivity (Wildman–Crippen MR) is 119 cm³/mol. The molecule has 2 aliphatic rings. The Kier molecular flexibility index (Phi) is 6.57. The summed E-state index contributed by atoms with van der Waals surface area (Å²) in [6.07, 6.45) is 3.10. The number of nitrogens with zero attached hydrogens (tertiary/aromatic N) is 3. The lowest BCUT2D eigenvalue weighted by atomic mass is 10.1. The summed E-state index contributed by atoms with van der Waals surface area (Å²) >= 11 is 1.70. The summed E-state index contributed by atoms with van der Waals surface area (Å²) in [5, 5.41) is 2.05. The molecule has 0 bridgehead atoms. The minimum Gasteiger partial charge on any atom is -0.339 e. The molecule has 1 aliphatic carbocycles. The van der Waals surface area contributed by atoms with Gasteiger partial charge in [0.1, 0.15) is 0 Å². The monoisotopic (exact) mass is 447 g/mol. The van der Waals surface area contributed by atoms with Gasteiger partial charge in [-0.3, -0.25) is 9.69 Å². The summed E-state index contributed by atoms with van der Waals surface area (Å²) in [7, 11) is -3.51. The molecule has 162 valence electrons. The van der Waals surface area contributed by atoms with Crippen LogP contribution in [0.3, 0.4) is 0 Å². The lowest BCUT2D eigenvalue weighted by molar-refractivity contribution is -0.133. The molecule has 0 radical (unpaired) electrons. The largest absolute Gasteiger partial charge is 0.339 e. The highest BCUT2D eigenvalue weighted by Gasteiger charge is 2.31. The molecule has 4 rings (SSSR count). The van der Waals surface area contributed by atoms with Crippen LogP contribution in [-0.4, -0.2) is 67.7 Å². The van der Waals surface area contributed by atoms with E-state index in [0.29, 0.717) is 37.6 Å². The van der Waals surface area contributed by atoms with Gasteiger partial charge in [-0.25, -0.2) is 8.42 Å². The summed E-state index contributed by atoms with van der Waals surface area (Å²) in [5.74, 6) is 0.0722. The first-order chi connectivity index (χ1) is 14.5. The van der Waals surface area contributed by atoms with E-state index in [1.54, 1.807) is 22.3 Å². The van der Waals surface area contributed by atoms with Crippen LogP contribution in [0.5, 0.6) is 0 Å². The number of fused-ring (bicyclic) bond motifs is 1. The first kappa shape index (κ1) is 21.5. The molecule has 1 aliphatic heterocycles. The molecular formula is C22H29N3O3S2. The lowest BCUT2D eigenvalue weighted by Gasteiger charge is -2.35. The number of likely N-dealkylation sites (N-methyl/N-ethyl adjacent to an activating group) is 1. The summed E-state index contributed by atoms with van der Waals surface area (Å²) < 4.78 is 27.7. The number of aryl methyl sites for hydroxylation is 2. The zero-order chi connectivity index (χ0) is 21.1. The normalized spacial score (nSPS) is 17.5. The van der Waals surface area contributed by atoms with Crippen molar-refractivity contribution >= 4 is 27.3 Å². The van der Waals surface area contributed by atoms with Crippen molar-refractivity contribution in [2.75, 3.05) is 39.3 Å². The molecular weight excluding hydrogens is 418 g/mol. The van der Waals surface area contributed by atoms with E-state index >= 15 is 0 Å². The molecule has 1 saturated heterocycles. The van der Waals surface area contributed by atoms with Gasteiger partial charge in [0.25, 0.3) is 0 Å². The van der Waals surface area contributed by atoms with Crippen LogP contribution in [-0.2, 0) is 34.2 Å². The molecule has 0 spiro atoms. The minimum atomic E-state index is -3.51. The van der Waals surface area contributed by atoms with E-state index in [2.05, 4.69) is 17.9 Å². The third kappa shape index (κ3) is 4.61. The van der Waals surface area contributed by atoms with Gasteiger partial charge in [-0.1, -0.05) is 19.1 Å². The summed E-state index contributed by atoms with van der Waals surface area (Å²) in [6, 6.07) is 9.65. The Morgan fingerprint density at radius 3 is 2.57 bits per heavy atom. The number of sulfonamides is 1. The van der Waals surface area contributed by atoms with E-state index in [4.69, 9.17) is 0 Å². The van der Waals surface area contributed by atoms with Gasteiger partial charge in [0.05, 0.1) is 11.4 Å². The van der Waals surface area contributed by atoms with Gasteiger partial charge in [-0.15, -0.1) is 11.3 Å². The second kappa shape index (κ2) is 9.18. The maximum Gasteiger partial charge on any atom is 0.243 e. The zero-order valence-electron chi connectivity index (χ0n) is 17.4. The van der Waals surface area contributed by atoms with Gasteiger partial charge in [-0.2, -0.15) is 4.31 Å². The number of carbonyl (C=O) groups excluding carboxylic acids is 1. The van der Waals surface area contributed by atoms with E-state index in [1.807, 2.05) is 23.6 Å². The van der Waals surface area contributed by atoms with Crippen LogP contribution in [0.2, 0.25) is 0 Å². The van der Waals surface area contributed by atoms with Crippen LogP contribution in [0, 0.1) is 0 Å². The summed E-state index contributed by atoms with van der Waals surface area (Å²) in [4.78, 5) is 18.3. The number of hydrogen-bond donors (Lipinski definition) is 0. The van der Waals surface area contributed by atoms with Crippen LogP contribution in [0.1, 0.15) is 29.3 Å². The molecule has 1 fully saturated rings. The van der Waals surface area contributed by atoms with E-state index < -0.39 is 10.0 Å². The maximum atomic E-state index is 13.1. The van der Waals surface area contributed by atoms with Crippen LogP contribution in [0.4, 0.5) is 0 Å². The van der Waals surface area contributed by atoms with Crippen molar-refractivity contribution in [3.63, 3.8) is 0 Å². The van der Waals surface area contributed by atoms with E-state index in [0.717, 1.165) is 37.9 Å². The zero-order valence-corrected chi connectivity index (χ0v) is 19.1. The standard InChI is InChI=1S/C22H29N3O3S2/c1-2-23(16-20-7-4-14-29-20)17-22(26)24-10-12-25(13-11-24)30(27,28)21-9-8-18-5-3-6-19(18)15-21/h4,7-9,14-15H,2-3,5-6,10-13,16-17H2,1H3. The molecule has 1 amide bonds. The highest BCUT2D eigenvalue weighted by Crippen LogP contribution is 2.26. The first-order valence-electron chi connectivity index (χ1n) is 10.6. The highest BCUT2D eigenvalue weighted by atomic mass is 32.2. The predicted octanol–water partition coefficient (Wildman–Crippen LogP) is 2.59. The van der Waals surface area contributed by atoms with Crippen LogP contribution < -0.4 is 0 Å². The third-order valence-corrected chi connectivity index (χ3v) is 8.82. The number of rotatable bonds is 7. The van der Waals surface area contributed by atoms with Gasteiger partial charge >= 0.3 is 0 Å². The molecule has 0 atom stereocenters. The molecule has 1 aromatic carbocycles. The Bertz CT molecular complexity index is 981. The SMILES string of the molecule is CCN(CC(=O)N1CCN(S(=O)(=O)c2ccc3c(c2)CCC3)CC1)Cc1cccs1. The third-order valence-electron chi connectivity index (χ3n) is 6.06. The Balaban J connectivity index is 1.34. The smallest absolute Gasteiger partial charge is 0.243 e. The quantitative estimate of drug-likeness (QED) is 0.655. The number of thiophene rings is 1. The van der Waals surface area contributed by atoms with E-state index in [-0.39, 0.29) is 5.91 Å². The fraction of sp³-hybridized carbons (Fsp3) is 0.500. The van der Waals surface area contributed by atoms with Gasteiger partial charge in [0.15, 0.2) is 0 Å². The molecule has 0 saturated carbocycles. The second-order valence-corrected chi connectivity index (χ2v) is 10.9. The number of carbonyl (C=O) groups is 1. The molecule has 2 heterocycles. The Morgan fingerprint density at radius 1 is 1.10 bits per heavy atom. The molecule has 8 heteroatoms. The highest BCUT2D eigenvalue weighted by molar-refractivity contribution is 7.89. The Hall–Kier alpha value is -1.74. The number of benzene rings is 1. The Morgan fingerprint density at radius 2 is 1.87 bits per heavy atom. The Labute approximate surface area is 183 Å². The van der Waals surface area contributed by atoms with Crippen molar-refractivity contribution in [3.05, 3.63) is 51.7 Å². The van der Waals surface area contributed by atoms with Gasteiger partial charge in [0.2, 0.25) is 15.9 Å². The van der Waals surface area contributed by atoms with Crippen LogP contribution >= 0.6 is 11.3 Å². The van der Waals surface area contributed by atoms with Crippen molar-refractivity contribution in [3.8, 4) is 0 Å². The minimum absolute atomic E-state index is 0.0722. The van der Waals surface area contributed by atoms with Crippen molar-refractivity contribution in [1.29, 1.82) is 0 Å². The van der Waals surface area contributed by atoms with Crippen molar-refractivity contribution in [2.45, 2.75) is 37.6 Å². The van der Waals surface area contributed by atoms with E-state index in [9.17, 15) is 13.2 Å². The fourth-order valence-corrected chi connectivity index (χ4v) is 6.45. The van der Waals surface area contributed by atoms with Crippen LogP contribution in [0.25, 0.3) is 0 Å². The number of hydrogen-bond acceptors (Lipinski definition) is 5. The summed E-state index contributed by atoms with van der Waals surface area (Å²) in [6.45, 7) is 5.58. The average molecular weight is 448 g/mol.